The van der Waals surface area contributed by atoms with Gasteiger partial charge in [-0.25, -0.2) is 28.1 Å². The van der Waals surface area contributed by atoms with E-state index in [1.807, 2.05) is 0 Å². The Balaban J connectivity index is 1.67. The van der Waals surface area contributed by atoms with Crippen LogP contribution in [-0.4, -0.2) is 64.0 Å². The molecule has 2 aromatic heterocycles. The fourth-order valence-electron chi connectivity index (χ4n) is 2.72. The van der Waals surface area contributed by atoms with Crippen LogP contribution >= 0.6 is 23.5 Å². The minimum absolute atomic E-state index is 0.0504. The Bertz CT molecular complexity index is 1110. The highest BCUT2D eigenvalue weighted by atomic mass is 31.3. The number of alkyl halides is 1. The smallest absolute Gasteiger partial charge is 0.387 e. The number of phosphoric acid groups is 3. The van der Waals surface area contributed by atoms with Gasteiger partial charge in [-0.15, -0.1) is 0 Å². The van der Waals surface area contributed by atoms with E-state index in [1.54, 1.807) is 0 Å². The van der Waals surface area contributed by atoms with Gasteiger partial charge in [-0.1, -0.05) is 0 Å². The molecule has 2 unspecified atom stereocenters. The maximum atomic E-state index is 14.6. The number of ether oxygens (including phenoxy) is 1. The minimum atomic E-state index is -5.71. The molecule has 1 saturated heterocycles. The van der Waals surface area contributed by atoms with Crippen molar-refractivity contribution in [3.05, 3.63) is 24.2 Å². The number of fused-ring (bicyclic) bond motifs is 1. The van der Waals surface area contributed by atoms with E-state index in [-0.39, 0.29) is 11.5 Å². The average Bonchev–Trinajstić information content (AvgIpc) is 3.13. The number of halogens is 1. The summed E-state index contributed by atoms with van der Waals surface area (Å²) >= 11 is 0. The van der Waals surface area contributed by atoms with Gasteiger partial charge in [-0.3, -0.25) is 8.92 Å². The van der Waals surface area contributed by atoms with Gasteiger partial charge in [0.2, 0.25) is 5.95 Å². The third-order valence-electron chi connectivity index (χ3n) is 3.91. The summed E-state index contributed by atoms with van der Waals surface area (Å²) in [5.74, 6) is 0.0504. The lowest BCUT2D eigenvalue weighted by Crippen LogP contribution is -2.31. The van der Waals surface area contributed by atoms with Crippen LogP contribution in [0.2, 0.25) is 0 Å². The van der Waals surface area contributed by atoms with Crippen LogP contribution in [0.3, 0.4) is 0 Å². The summed E-state index contributed by atoms with van der Waals surface area (Å²) in [6.07, 6.45) is -4.21. The van der Waals surface area contributed by atoms with E-state index in [0.717, 1.165) is 0 Å². The standard InChI is InChI=1S/C11H16FN4O12P3/c12-8-9(17)6(3-25-30(21,22)28-31(23,24)27-29(18,19)20)26-10(8)5-1-7-14-4-15-11(13)16(7)2-5/h1-2,4,6,8-10,17H,3H2,(H,21,22)(H,23,24)(H2,13,14,15)(H2,18,19,20)/t6-,8-,9-,10+/m1/s1. The molecule has 0 aromatic carbocycles. The van der Waals surface area contributed by atoms with E-state index in [1.165, 1.54) is 23.0 Å². The molecule has 20 heteroatoms. The zero-order valence-corrected chi connectivity index (χ0v) is 17.7. The molecule has 0 spiro atoms. The number of nitrogens with zero attached hydrogens (tertiary/aromatic N) is 3. The Morgan fingerprint density at radius 1 is 1.16 bits per heavy atom. The average molecular weight is 508 g/mol. The lowest BCUT2D eigenvalue weighted by Gasteiger charge is -2.19. The molecule has 174 valence electrons. The van der Waals surface area contributed by atoms with Crippen molar-refractivity contribution >= 4 is 35.1 Å². The van der Waals surface area contributed by atoms with Crippen molar-refractivity contribution in [1.82, 2.24) is 14.4 Å². The molecule has 0 radical (unpaired) electrons. The van der Waals surface area contributed by atoms with E-state index >= 15 is 0 Å². The fourth-order valence-corrected chi connectivity index (χ4v) is 5.75. The summed E-state index contributed by atoms with van der Waals surface area (Å²) in [4.78, 5) is 43.2. The van der Waals surface area contributed by atoms with E-state index in [9.17, 15) is 28.1 Å². The van der Waals surface area contributed by atoms with Gasteiger partial charge in [0.25, 0.3) is 0 Å². The zero-order chi connectivity index (χ0) is 23.2. The molecule has 3 heterocycles. The lowest BCUT2D eigenvalue weighted by molar-refractivity contribution is -0.0220. The van der Waals surface area contributed by atoms with Crippen LogP contribution in [0, 0.1) is 0 Å². The van der Waals surface area contributed by atoms with Gasteiger partial charge < -0.3 is 35.2 Å². The number of hydrogen-bond acceptors (Lipinski definition) is 11. The molecule has 1 fully saturated rings. The predicted octanol–water partition coefficient (Wildman–Crippen LogP) is -0.206. The first-order valence-electron chi connectivity index (χ1n) is 8.02. The number of nitrogens with two attached hydrogens (primary N) is 1. The highest BCUT2D eigenvalue weighted by Crippen LogP contribution is 2.66. The number of aliphatic hydroxyl groups is 1. The van der Waals surface area contributed by atoms with Gasteiger partial charge in [0.05, 0.1) is 6.61 Å². The largest absolute Gasteiger partial charge is 0.490 e. The van der Waals surface area contributed by atoms with Gasteiger partial charge in [0.1, 0.15) is 30.3 Å². The molecule has 3 rings (SSSR count). The van der Waals surface area contributed by atoms with Crippen molar-refractivity contribution in [3.8, 4) is 0 Å². The quantitative estimate of drug-likeness (QED) is 0.253. The summed E-state index contributed by atoms with van der Waals surface area (Å²) in [7, 11) is -16.7. The van der Waals surface area contributed by atoms with Crippen LogP contribution in [0.5, 0.6) is 0 Å². The molecule has 1 aliphatic rings. The van der Waals surface area contributed by atoms with Crippen LogP contribution in [0.4, 0.5) is 10.3 Å². The number of anilines is 1. The molecule has 0 saturated carbocycles. The highest BCUT2D eigenvalue weighted by molar-refractivity contribution is 7.66. The van der Waals surface area contributed by atoms with Crippen molar-refractivity contribution in [2.24, 2.45) is 0 Å². The summed E-state index contributed by atoms with van der Waals surface area (Å²) < 4.78 is 66.3. The number of aromatic nitrogens is 3. The van der Waals surface area contributed by atoms with Crippen LogP contribution < -0.4 is 5.73 Å². The Kier molecular flexibility index (Phi) is 6.71. The van der Waals surface area contributed by atoms with Crippen molar-refractivity contribution in [2.75, 3.05) is 12.3 Å². The third kappa shape index (κ3) is 5.93. The summed E-state index contributed by atoms with van der Waals surface area (Å²) in [6, 6.07) is 1.41. The Morgan fingerprint density at radius 3 is 2.45 bits per heavy atom. The minimum Gasteiger partial charge on any atom is -0.387 e. The molecular formula is C11H16FN4O12P3. The third-order valence-corrected chi connectivity index (χ3v) is 7.71. The summed E-state index contributed by atoms with van der Waals surface area (Å²) in [5, 5.41) is 10.0. The molecule has 6 atom stereocenters. The van der Waals surface area contributed by atoms with Gasteiger partial charge >= 0.3 is 23.5 Å². The number of phosphoric ester groups is 1. The SMILES string of the molecule is Nc1ncnc2cc([C@@H]3O[C@H](COP(=O)(O)OP(=O)(O)OP(=O)(O)O)[C@@H](O)[C@H]3F)cn12. The van der Waals surface area contributed by atoms with E-state index in [4.69, 9.17) is 25.2 Å². The van der Waals surface area contributed by atoms with Crippen LogP contribution in [0.15, 0.2) is 18.6 Å². The number of rotatable bonds is 8. The second-order valence-electron chi connectivity index (χ2n) is 6.15. The van der Waals surface area contributed by atoms with E-state index < -0.39 is 54.6 Å². The Morgan fingerprint density at radius 2 is 1.84 bits per heavy atom. The van der Waals surface area contributed by atoms with Gasteiger partial charge in [0, 0.05) is 11.8 Å². The van der Waals surface area contributed by atoms with E-state index in [2.05, 4.69) is 23.1 Å². The fraction of sp³-hybridized carbons (Fsp3) is 0.455. The Labute approximate surface area is 171 Å². The van der Waals surface area contributed by atoms with Crippen molar-refractivity contribution in [3.63, 3.8) is 0 Å². The molecule has 31 heavy (non-hydrogen) atoms. The normalized spacial score (nSPS) is 28.5. The molecule has 0 bridgehead atoms. The monoisotopic (exact) mass is 508 g/mol. The maximum absolute atomic E-state index is 14.6. The molecule has 2 aromatic rings. The second kappa shape index (κ2) is 8.56. The highest BCUT2D eigenvalue weighted by Gasteiger charge is 2.47. The van der Waals surface area contributed by atoms with Crippen molar-refractivity contribution in [1.29, 1.82) is 0 Å². The molecule has 16 nitrogen and oxygen atoms in total. The first kappa shape index (κ1) is 24.3. The first-order chi connectivity index (χ1) is 14.2. The summed E-state index contributed by atoms with van der Waals surface area (Å²) in [6.45, 7) is -1.00. The van der Waals surface area contributed by atoms with E-state index in [0.29, 0.717) is 5.65 Å². The topological polar surface area (TPSA) is 245 Å². The second-order valence-corrected chi connectivity index (χ2v) is 10.6. The first-order valence-corrected chi connectivity index (χ1v) is 12.5. The number of nitrogen functional groups attached to an aromatic ring is 1. The molecule has 1 aliphatic heterocycles. The summed E-state index contributed by atoms with van der Waals surface area (Å²) in [5.41, 5.74) is 6.19. The van der Waals surface area contributed by atoms with Crippen molar-refractivity contribution < 1.29 is 60.6 Å². The Hall–Kier alpha value is -1.32. The van der Waals surface area contributed by atoms with Gasteiger partial charge in [-0.2, -0.15) is 8.62 Å². The van der Waals surface area contributed by atoms with Crippen LogP contribution in [-0.2, 0) is 31.6 Å². The van der Waals surface area contributed by atoms with Gasteiger partial charge in [0.15, 0.2) is 6.17 Å². The van der Waals surface area contributed by atoms with Gasteiger partial charge in [-0.05, 0) is 6.07 Å². The predicted molar refractivity (Wildman–Crippen MR) is 95.7 cm³/mol. The zero-order valence-electron chi connectivity index (χ0n) is 15.0. The number of aliphatic hydroxyl groups excluding tert-OH is 1. The van der Waals surface area contributed by atoms with Crippen molar-refractivity contribution in [2.45, 2.75) is 24.5 Å². The molecule has 7 N–H and O–H groups in total. The maximum Gasteiger partial charge on any atom is 0.490 e. The lowest BCUT2D eigenvalue weighted by atomic mass is 10.1. The van der Waals surface area contributed by atoms with Crippen LogP contribution in [0.25, 0.3) is 5.65 Å². The molecular weight excluding hydrogens is 492 g/mol. The van der Waals surface area contributed by atoms with Crippen LogP contribution in [0.1, 0.15) is 11.7 Å². The molecule has 0 amide bonds. The molecule has 0 aliphatic carbocycles. The number of hydrogen-bond donors (Lipinski definition) is 6.